The largest absolute Gasteiger partial charge is 0.495 e. The van der Waals surface area contributed by atoms with Crippen LogP contribution in [0.3, 0.4) is 0 Å². The van der Waals surface area contributed by atoms with Gasteiger partial charge < -0.3 is 14.4 Å². The molecule has 1 N–H and O–H groups in total. The lowest BCUT2D eigenvalue weighted by atomic mass is 9.92. The number of nitrogens with zero attached hydrogens (tertiary/aromatic N) is 1. The molecule has 0 radical (unpaired) electrons. The third-order valence-electron chi connectivity index (χ3n) is 4.51. The molecule has 1 fully saturated rings. The molecule has 2 rings (SSSR count). The van der Waals surface area contributed by atoms with Crippen LogP contribution in [0.1, 0.15) is 30.6 Å². The summed E-state index contributed by atoms with van der Waals surface area (Å²) in [4.78, 5) is 26.1. The number of likely N-dealkylation sites (tertiary alicyclic amines) is 1. The minimum absolute atomic E-state index is 0.0257. The van der Waals surface area contributed by atoms with Gasteiger partial charge in [-0.05, 0) is 43.5 Å². The predicted octanol–water partition coefficient (Wildman–Crippen LogP) is 1.26. The molecule has 1 aliphatic heterocycles. The van der Waals surface area contributed by atoms with Gasteiger partial charge in [-0.15, -0.1) is 0 Å². The van der Waals surface area contributed by atoms with Crippen LogP contribution in [0.2, 0.25) is 0 Å². The lowest BCUT2D eigenvalue weighted by Gasteiger charge is -2.34. The van der Waals surface area contributed by atoms with Gasteiger partial charge in [0.1, 0.15) is 10.6 Å². The molecule has 1 aromatic rings. The number of hydrogen-bond acceptors (Lipinski definition) is 6. The molecule has 8 nitrogen and oxygen atoms in total. The summed E-state index contributed by atoms with van der Waals surface area (Å²) < 4.78 is 36.5. The Morgan fingerprint density at radius 2 is 1.85 bits per heavy atom. The highest BCUT2D eigenvalue weighted by atomic mass is 32.2. The third-order valence-corrected chi connectivity index (χ3v) is 5.94. The van der Waals surface area contributed by atoms with Crippen molar-refractivity contribution in [2.45, 2.75) is 25.2 Å². The quantitative estimate of drug-likeness (QED) is 0.724. The van der Waals surface area contributed by atoms with E-state index in [4.69, 9.17) is 9.47 Å². The van der Waals surface area contributed by atoms with E-state index in [0.29, 0.717) is 24.9 Å². The van der Waals surface area contributed by atoms with Gasteiger partial charge in [0.2, 0.25) is 10.0 Å². The van der Waals surface area contributed by atoms with Gasteiger partial charge in [-0.2, -0.15) is 0 Å². The summed E-state index contributed by atoms with van der Waals surface area (Å²) in [6.07, 6.45) is 1.07. The monoisotopic (exact) mass is 398 g/mol. The number of esters is 1. The summed E-state index contributed by atoms with van der Waals surface area (Å²) >= 11 is 0. The second kappa shape index (κ2) is 8.71. The van der Waals surface area contributed by atoms with Gasteiger partial charge in [0.15, 0.2) is 6.61 Å². The Labute approximate surface area is 159 Å². The van der Waals surface area contributed by atoms with E-state index in [2.05, 4.69) is 18.6 Å². The smallest absolute Gasteiger partial charge is 0.338 e. The number of hydrogen-bond donors (Lipinski definition) is 1. The van der Waals surface area contributed by atoms with E-state index in [-0.39, 0.29) is 28.7 Å². The van der Waals surface area contributed by atoms with E-state index >= 15 is 0 Å². The molecule has 1 heterocycles. The number of methoxy groups -OCH3 is 1. The molecule has 0 unspecified atom stereocenters. The lowest BCUT2D eigenvalue weighted by molar-refractivity contribution is -0.137. The van der Waals surface area contributed by atoms with Crippen molar-refractivity contribution in [3.05, 3.63) is 23.8 Å². The molecule has 0 aromatic heterocycles. The number of amides is 1. The molecule has 1 amide bonds. The second-order valence-corrected chi connectivity index (χ2v) is 8.75. The molecule has 9 heteroatoms. The zero-order chi connectivity index (χ0) is 20.2. The van der Waals surface area contributed by atoms with Crippen molar-refractivity contribution in [1.82, 2.24) is 9.62 Å². The summed E-state index contributed by atoms with van der Waals surface area (Å²) in [6.45, 7) is 5.09. The summed E-state index contributed by atoms with van der Waals surface area (Å²) in [5, 5.41) is 0. The normalized spacial score (nSPS) is 20.2. The van der Waals surface area contributed by atoms with E-state index in [1.807, 2.05) is 0 Å². The Hall–Kier alpha value is -2.13. The highest BCUT2D eigenvalue weighted by Crippen LogP contribution is 2.25. The van der Waals surface area contributed by atoms with Crippen LogP contribution < -0.4 is 9.46 Å². The number of ether oxygens (including phenoxy) is 2. The molecule has 0 spiro atoms. The van der Waals surface area contributed by atoms with E-state index in [1.54, 1.807) is 4.90 Å². The highest BCUT2D eigenvalue weighted by Gasteiger charge is 2.26. The Balaban J connectivity index is 2.08. The van der Waals surface area contributed by atoms with Gasteiger partial charge in [-0.25, -0.2) is 17.9 Å². The summed E-state index contributed by atoms with van der Waals surface area (Å²) in [5.41, 5.74) is 0.0257. The molecule has 1 aliphatic rings. The van der Waals surface area contributed by atoms with Crippen molar-refractivity contribution in [1.29, 1.82) is 0 Å². The lowest BCUT2D eigenvalue weighted by Crippen LogP contribution is -2.44. The Kier molecular flexibility index (Phi) is 6.83. The number of sulfonamides is 1. The van der Waals surface area contributed by atoms with Crippen LogP contribution in [0.4, 0.5) is 0 Å². The van der Waals surface area contributed by atoms with Crippen LogP contribution in [0.25, 0.3) is 0 Å². The van der Waals surface area contributed by atoms with E-state index < -0.39 is 16.0 Å². The fourth-order valence-corrected chi connectivity index (χ4v) is 4.21. The highest BCUT2D eigenvalue weighted by molar-refractivity contribution is 7.89. The maximum Gasteiger partial charge on any atom is 0.338 e. The van der Waals surface area contributed by atoms with E-state index in [0.717, 1.165) is 6.42 Å². The van der Waals surface area contributed by atoms with Gasteiger partial charge in [0.25, 0.3) is 5.91 Å². The Morgan fingerprint density at radius 1 is 1.22 bits per heavy atom. The zero-order valence-electron chi connectivity index (χ0n) is 16.0. The number of carbonyl (C=O) groups is 2. The summed E-state index contributed by atoms with van der Waals surface area (Å²) in [6, 6.07) is 3.94. The van der Waals surface area contributed by atoms with Crippen molar-refractivity contribution in [2.24, 2.45) is 11.8 Å². The van der Waals surface area contributed by atoms with Crippen molar-refractivity contribution < 1.29 is 27.5 Å². The molecular formula is C18H26N2O6S. The standard InChI is InChI=1S/C18H26N2O6S/c1-12-7-13(2)10-20(9-12)17(21)11-26-18(22)14-5-6-15(25-4)16(8-14)27(23,24)19-3/h5-6,8,12-13,19H,7,9-11H2,1-4H3/t12-,13-/m0/s1. The molecule has 2 atom stereocenters. The van der Waals surface area contributed by atoms with Crippen LogP contribution in [0, 0.1) is 11.8 Å². The van der Waals surface area contributed by atoms with Gasteiger partial charge in [-0.1, -0.05) is 13.8 Å². The van der Waals surface area contributed by atoms with E-state index in [9.17, 15) is 18.0 Å². The fraction of sp³-hybridized carbons (Fsp3) is 0.556. The molecule has 0 bridgehead atoms. The molecule has 0 saturated carbocycles. The number of nitrogens with one attached hydrogen (secondary N) is 1. The molecular weight excluding hydrogens is 372 g/mol. The summed E-state index contributed by atoms with van der Waals surface area (Å²) in [5.74, 6) is -0.100. The summed E-state index contributed by atoms with van der Waals surface area (Å²) in [7, 11) is -1.22. The SMILES string of the molecule is CNS(=O)(=O)c1cc(C(=O)OCC(=O)N2C[C@@H](C)C[C@H](C)C2)ccc1OC. The van der Waals surface area contributed by atoms with Crippen molar-refractivity contribution in [3.63, 3.8) is 0 Å². The second-order valence-electron chi connectivity index (χ2n) is 6.89. The fourth-order valence-electron chi connectivity index (χ4n) is 3.29. The first-order chi connectivity index (χ1) is 12.7. The van der Waals surface area contributed by atoms with E-state index in [1.165, 1.54) is 32.4 Å². The average molecular weight is 398 g/mol. The van der Waals surface area contributed by atoms with Crippen LogP contribution >= 0.6 is 0 Å². The number of benzene rings is 1. The predicted molar refractivity (Wildman–Crippen MR) is 99.0 cm³/mol. The number of carbonyl (C=O) groups excluding carboxylic acids is 2. The number of rotatable bonds is 6. The topological polar surface area (TPSA) is 102 Å². The van der Waals surface area contributed by atoms with Crippen LogP contribution in [-0.4, -0.2) is 59.0 Å². The minimum atomic E-state index is -3.82. The van der Waals surface area contributed by atoms with Gasteiger partial charge >= 0.3 is 5.97 Å². The molecule has 150 valence electrons. The van der Waals surface area contributed by atoms with Crippen molar-refractivity contribution >= 4 is 21.9 Å². The van der Waals surface area contributed by atoms with Crippen molar-refractivity contribution in [2.75, 3.05) is 33.9 Å². The third kappa shape index (κ3) is 5.20. The van der Waals surface area contributed by atoms with Crippen molar-refractivity contribution in [3.8, 4) is 5.75 Å². The van der Waals surface area contributed by atoms with Gasteiger partial charge in [0.05, 0.1) is 12.7 Å². The molecule has 1 aromatic carbocycles. The Morgan fingerprint density at radius 3 is 2.41 bits per heavy atom. The average Bonchev–Trinajstić information content (AvgIpc) is 2.64. The van der Waals surface area contributed by atoms with Crippen LogP contribution in [-0.2, 0) is 19.6 Å². The minimum Gasteiger partial charge on any atom is -0.495 e. The van der Waals surface area contributed by atoms with Gasteiger partial charge in [-0.3, -0.25) is 4.79 Å². The van der Waals surface area contributed by atoms with Crippen LogP contribution in [0.15, 0.2) is 23.1 Å². The first-order valence-corrected chi connectivity index (χ1v) is 10.2. The maximum absolute atomic E-state index is 12.3. The first kappa shape index (κ1) is 21.2. The number of piperidine rings is 1. The molecule has 1 saturated heterocycles. The molecule has 27 heavy (non-hydrogen) atoms. The Bertz CT molecular complexity index is 798. The van der Waals surface area contributed by atoms with Gasteiger partial charge in [0, 0.05) is 13.1 Å². The first-order valence-electron chi connectivity index (χ1n) is 8.74. The maximum atomic E-state index is 12.3. The zero-order valence-corrected chi connectivity index (χ0v) is 16.8. The molecule has 0 aliphatic carbocycles. The van der Waals surface area contributed by atoms with Crippen LogP contribution in [0.5, 0.6) is 5.75 Å².